The molecular weight excluding hydrogens is 266 g/mol. The first-order valence-electron chi connectivity index (χ1n) is 7.21. The predicted molar refractivity (Wildman–Crippen MR) is 80.9 cm³/mol. The maximum absolute atomic E-state index is 5.91. The highest BCUT2D eigenvalue weighted by molar-refractivity contribution is 5.40. The highest BCUT2D eigenvalue weighted by Crippen LogP contribution is 2.24. The lowest BCUT2D eigenvalue weighted by Gasteiger charge is -2.14. The molecule has 6 nitrogen and oxygen atoms in total. The van der Waals surface area contributed by atoms with Crippen molar-refractivity contribution in [2.24, 2.45) is 13.0 Å². The molecule has 1 N–H and O–H groups in total. The molecule has 0 bridgehead atoms. The monoisotopic (exact) mass is 289 g/mol. The normalized spacial score (nSPS) is 11.1. The van der Waals surface area contributed by atoms with Crippen LogP contribution in [0.1, 0.15) is 30.8 Å². The number of tetrazole rings is 1. The van der Waals surface area contributed by atoms with E-state index in [0.717, 1.165) is 30.0 Å². The van der Waals surface area contributed by atoms with E-state index < -0.39 is 0 Å². The van der Waals surface area contributed by atoms with Crippen molar-refractivity contribution in [3.05, 3.63) is 35.2 Å². The fourth-order valence-electron chi connectivity index (χ4n) is 2.07. The number of rotatable bonds is 7. The van der Waals surface area contributed by atoms with Gasteiger partial charge in [-0.2, -0.15) is 4.80 Å². The Hall–Kier alpha value is -1.95. The van der Waals surface area contributed by atoms with Crippen LogP contribution in [-0.4, -0.2) is 26.8 Å². The van der Waals surface area contributed by atoms with Crippen molar-refractivity contribution in [1.82, 2.24) is 25.5 Å². The quantitative estimate of drug-likeness (QED) is 0.842. The van der Waals surface area contributed by atoms with E-state index >= 15 is 0 Å². The minimum Gasteiger partial charge on any atom is -0.485 e. The second-order valence-corrected chi connectivity index (χ2v) is 5.57. The van der Waals surface area contributed by atoms with E-state index in [9.17, 15) is 0 Å². The second kappa shape index (κ2) is 7.17. The lowest BCUT2D eigenvalue weighted by molar-refractivity contribution is 0.289. The highest BCUT2D eigenvalue weighted by Gasteiger charge is 2.09. The third-order valence-corrected chi connectivity index (χ3v) is 3.06. The number of hydrogen-bond donors (Lipinski definition) is 1. The Morgan fingerprint density at radius 1 is 1.33 bits per heavy atom. The summed E-state index contributed by atoms with van der Waals surface area (Å²) in [6.45, 7) is 8.55. The molecule has 0 saturated carbocycles. The molecule has 0 spiro atoms. The second-order valence-electron chi connectivity index (χ2n) is 5.57. The summed E-state index contributed by atoms with van der Waals surface area (Å²) >= 11 is 0. The van der Waals surface area contributed by atoms with Crippen LogP contribution in [0.3, 0.4) is 0 Å². The van der Waals surface area contributed by atoms with Crippen molar-refractivity contribution in [2.75, 3.05) is 6.54 Å². The molecule has 0 atom stereocenters. The summed E-state index contributed by atoms with van der Waals surface area (Å²) in [5, 5.41) is 15.3. The van der Waals surface area contributed by atoms with Gasteiger partial charge >= 0.3 is 0 Å². The van der Waals surface area contributed by atoms with E-state index in [1.54, 1.807) is 7.05 Å². The summed E-state index contributed by atoms with van der Waals surface area (Å²) in [6, 6.07) is 6.18. The summed E-state index contributed by atoms with van der Waals surface area (Å²) in [4.78, 5) is 1.43. The Morgan fingerprint density at radius 2 is 2.14 bits per heavy atom. The number of aryl methyl sites for hydroxylation is 2. The van der Waals surface area contributed by atoms with E-state index in [2.05, 4.69) is 46.7 Å². The van der Waals surface area contributed by atoms with Gasteiger partial charge in [0.25, 0.3) is 0 Å². The Balaban J connectivity index is 2.02. The average Bonchev–Trinajstić information content (AvgIpc) is 2.83. The van der Waals surface area contributed by atoms with Crippen LogP contribution in [0, 0.1) is 12.8 Å². The molecule has 0 aliphatic carbocycles. The molecule has 1 aromatic heterocycles. The van der Waals surface area contributed by atoms with Gasteiger partial charge in [0.1, 0.15) is 5.75 Å². The van der Waals surface area contributed by atoms with Gasteiger partial charge in [0.05, 0.1) is 7.05 Å². The Morgan fingerprint density at radius 3 is 2.81 bits per heavy atom. The first kappa shape index (κ1) is 15.4. The molecule has 2 rings (SSSR count). The Bertz CT molecular complexity index is 579. The molecule has 0 aliphatic rings. The first-order chi connectivity index (χ1) is 10.1. The molecule has 0 saturated heterocycles. The molecule has 2 aromatic rings. The van der Waals surface area contributed by atoms with E-state index in [0.29, 0.717) is 18.3 Å². The molecule has 1 aromatic carbocycles. The number of ether oxygens (including phenoxy) is 1. The number of aromatic nitrogens is 4. The Kier molecular flexibility index (Phi) is 5.27. The zero-order chi connectivity index (χ0) is 15.2. The average molecular weight is 289 g/mol. The molecule has 1 heterocycles. The van der Waals surface area contributed by atoms with Gasteiger partial charge in [0, 0.05) is 12.1 Å². The van der Waals surface area contributed by atoms with Crippen LogP contribution in [-0.2, 0) is 20.2 Å². The smallest absolute Gasteiger partial charge is 0.212 e. The molecule has 21 heavy (non-hydrogen) atoms. The number of nitrogens with zero attached hydrogens (tertiary/aromatic N) is 4. The van der Waals surface area contributed by atoms with E-state index in [-0.39, 0.29) is 0 Å². The van der Waals surface area contributed by atoms with Gasteiger partial charge in [-0.05, 0) is 30.2 Å². The van der Waals surface area contributed by atoms with Crippen molar-refractivity contribution in [1.29, 1.82) is 0 Å². The fourth-order valence-corrected chi connectivity index (χ4v) is 2.07. The van der Waals surface area contributed by atoms with Gasteiger partial charge < -0.3 is 10.1 Å². The minimum absolute atomic E-state index is 0.329. The lowest BCUT2D eigenvalue weighted by Crippen LogP contribution is -2.19. The molecule has 6 heteroatoms. The van der Waals surface area contributed by atoms with Gasteiger partial charge in [-0.25, -0.2) is 0 Å². The zero-order valence-electron chi connectivity index (χ0n) is 13.1. The van der Waals surface area contributed by atoms with Crippen molar-refractivity contribution < 1.29 is 4.74 Å². The molecule has 0 radical (unpaired) electrons. The minimum atomic E-state index is 0.329. The summed E-state index contributed by atoms with van der Waals surface area (Å²) in [6.07, 6.45) is 0. The van der Waals surface area contributed by atoms with E-state index in [1.165, 1.54) is 4.80 Å². The van der Waals surface area contributed by atoms with Crippen molar-refractivity contribution in [3.8, 4) is 5.75 Å². The largest absolute Gasteiger partial charge is 0.485 e. The van der Waals surface area contributed by atoms with Gasteiger partial charge in [-0.1, -0.05) is 32.0 Å². The van der Waals surface area contributed by atoms with Crippen LogP contribution in [0.5, 0.6) is 5.75 Å². The van der Waals surface area contributed by atoms with Crippen LogP contribution in [0.2, 0.25) is 0 Å². The third-order valence-electron chi connectivity index (χ3n) is 3.06. The van der Waals surface area contributed by atoms with Crippen LogP contribution in [0.4, 0.5) is 0 Å². The van der Waals surface area contributed by atoms with Crippen LogP contribution in [0.25, 0.3) is 0 Å². The topological polar surface area (TPSA) is 64.9 Å². The molecular formula is C15H23N5O. The molecule has 0 unspecified atom stereocenters. The number of hydrogen-bond acceptors (Lipinski definition) is 5. The summed E-state index contributed by atoms with van der Waals surface area (Å²) in [7, 11) is 1.74. The summed E-state index contributed by atoms with van der Waals surface area (Å²) in [5.74, 6) is 2.12. The predicted octanol–water partition coefficient (Wildman–Crippen LogP) is 1.84. The third kappa shape index (κ3) is 4.53. The van der Waals surface area contributed by atoms with Crippen molar-refractivity contribution in [3.63, 3.8) is 0 Å². The highest BCUT2D eigenvalue weighted by atomic mass is 16.5. The van der Waals surface area contributed by atoms with Crippen LogP contribution < -0.4 is 10.1 Å². The SMILES string of the molecule is Cc1cccc(CNCC(C)C)c1OCc1nnn(C)n1. The standard InChI is InChI=1S/C15H23N5O/c1-11(2)8-16-9-13-7-5-6-12(3)15(13)21-10-14-17-19-20(4)18-14/h5-7,11,16H,8-10H2,1-4H3. The van der Waals surface area contributed by atoms with Crippen LogP contribution in [0.15, 0.2) is 18.2 Å². The summed E-state index contributed by atoms with van der Waals surface area (Å²) < 4.78 is 5.91. The molecule has 114 valence electrons. The maximum atomic E-state index is 5.91. The first-order valence-corrected chi connectivity index (χ1v) is 7.21. The Labute approximate surface area is 125 Å². The number of para-hydroxylation sites is 1. The molecule has 0 amide bonds. The van der Waals surface area contributed by atoms with Crippen LogP contribution >= 0.6 is 0 Å². The van der Waals surface area contributed by atoms with Gasteiger partial charge in [0.15, 0.2) is 6.61 Å². The zero-order valence-corrected chi connectivity index (χ0v) is 13.1. The lowest BCUT2D eigenvalue weighted by atomic mass is 10.1. The van der Waals surface area contributed by atoms with Gasteiger partial charge in [-0.3, -0.25) is 0 Å². The van der Waals surface area contributed by atoms with Crippen molar-refractivity contribution in [2.45, 2.75) is 33.9 Å². The number of nitrogens with one attached hydrogen (secondary N) is 1. The molecule has 0 fully saturated rings. The maximum Gasteiger partial charge on any atom is 0.212 e. The fraction of sp³-hybridized carbons (Fsp3) is 0.533. The molecule has 0 aliphatic heterocycles. The van der Waals surface area contributed by atoms with Gasteiger partial charge in [-0.15, -0.1) is 10.2 Å². The van der Waals surface area contributed by atoms with Gasteiger partial charge in [0.2, 0.25) is 5.82 Å². The van der Waals surface area contributed by atoms with Crippen molar-refractivity contribution >= 4 is 0 Å². The number of benzene rings is 1. The van der Waals surface area contributed by atoms with E-state index in [1.807, 2.05) is 13.0 Å². The summed E-state index contributed by atoms with van der Waals surface area (Å²) in [5.41, 5.74) is 2.27. The van der Waals surface area contributed by atoms with E-state index in [4.69, 9.17) is 4.74 Å².